The molecule has 0 unspecified atom stereocenters. The first-order valence-corrected chi connectivity index (χ1v) is 7.47. The Morgan fingerprint density at radius 3 is 2.55 bits per heavy atom. The standard InChI is InChI=1S/C18H22N2O2/c1-3-22-17-7-5-4-6-16(17)19-13-18(21)20-12-15-10-8-14(2)9-11-15/h4-11,19H,3,12-13H2,1-2H3,(H,20,21). The van der Waals surface area contributed by atoms with Crippen molar-refractivity contribution in [3.63, 3.8) is 0 Å². The van der Waals surface area contributed by atoms with Crippen LogP contribution in [-0.2, 0) is 11.3 Å². The van der Waals surface area contributed by atoms with E-state index in [2.05, 4.69) is 10.6 Å². The Morgan fingerprint density at radius 1 is 1.09 bits per heavy atom. The summed E-state index contributed by atoms with van der Waals surface area (Å²) in [6.45, 7) is 5.33. The van der Waals surface area contributed by atoms with Gasteiger partial charge < -0.3 is 15.4 Å². The van der Waals surface area contributed by atoms with Gasteiger partial charge in [-0.3, -0.25) is 4.79 Å². The largest absolute Gasteiger partial charge is 0.492 e. The van der Waals surface area contributed by atoms with Crippen molar-refractivity contribution in [3.05, 3.63) is 59.7 Å². The van der Waals surface area contributed by atoms with Crippen LogP contribution in [0.3, 0.4) is 0 Å². The molecule has 2 aromatic carbocycles. The topological polar surface area (TPSA) is 50.4 Å². The summed E-state index contributed by atoms with van der Waals surface area (Å²) in [7, 11) is 0. The van der Waals surface area contributed by atoms with Crippen LogP contribution in [-0.4, -0.2) is 19.1 Å². The summed E-state index contributed by atoms with van der Waals surface area (Å²) in [6, 6.07) is 15.7. The molecule has 0 saturated heterocycles. The van der Waals surface area contributed by atoms with Crippen molar-refractivity contribution in [2.24, 2.45) is 0 Å². The first-order chi connectivity index (χ1) is 10.7. The van der Waals surface area contributed by atoms with Crippen molar-refractivity contribution >= 4 is 11.6 Å². The van der Waals surface area contributed by atoms with Gasteiger partial charge in [0.2, 0.25) is 5.91 Å². The lowest BCUT2D eigenvalue weighted by Gasteiger charge is -2.12. The lowest BCUT2D eigenvalue weighted by atomic mass is 10.1. The van der Waals surface area contributed by atoms with E-state index in [-0.39, 0.29) is 12.5 Å². The molecule has 0 fully saturated rings. The monoisotopic (exact) mass is 298 g/mol. The third kappa shape index (κ3) is 4.81. The van der Waals surface area contributed by atoms with Crippen LogP contribution in [0.4, 0.5) is 5.69 Å². The van der Waals surface area contributed by atoms with E-state index in [0.717, 1.165) is 17.0 Å². The molecule has 116 valence electrons. The number of carbonyl (C=O) groups excluding carboxylic acids is 1. The van der Waals surface area contributed by atoms with Crippen molar-refractivity contribution < 1.29 is 9.53 Å². The molecule has 1 amide bonds. The van der Waals surface area contributed by atoms with Crippen LogP contribution >= 0.6 is 0 Å². The normalized spacial score (nSPS) is 10.1. The lowest BCUT2D eigenvalue weighted by Crippen LogP contribution is -2.29. The zero-order valence-corrected chi connectivity index (χ0v) is 13.1. The van der Waals surface area contributed by atoms with Gasteiger partial charge in [-0.25, -0.2) is 0 Å². The minimum absolute atomic E-state index is 0.0492. The van der Waals surface area contributed by atoms with Crippen molar-refractivity contribution in [2.75, 3.05) is 18.5 Å². The summed E-state index contributed by atoms with van der Waals surface area (Å²) in [6.07, 6.45) is 0. The maximum Gasteiger partial charge on any atom is 0.239 e. The zero-order chi connectivity index (χ0) is 15.8. The molecule has 0 aromatic heterocycles. The van der Waals surface area contributed by atoms with Gasteiger partial charge in [-0.05, 0) is 31.5 Å². The van der Waals surface area contributed by atoms with Crippen LogP contribution in [0.25, 0.3) is 0 Å². The molecule has 0 spiro atoms. The van der Waals surface area contributed by atoms with Crippen LogP contribution in [0.15, 0.2) is 48.5 Å². The maximum atomic E-state index is 11.9. The molecule has 0 aliphatic rings. The summed E-state index contributed by atoms with van der Waals surface area (Å²) < 4.78 is 5.52. The number of aryl methyl sites for hydroxylation is 1. The van der Waals surface area contributed by atoms with Crippen LogP contribution in [0, 0.1) is 6.92 Å². The second-order valence-corrected chi connectivity index (χ2v) is 5.05. The number of benzene rings is 2. The van der Waals surface area contributed by atoms with Gasteiger partial charge in [0.05, 0.1) is 18.8 Å². The van der Waals surface area contributed by atoms with Crippen molar-refractivity contribution in [1.29, 1.82) is 0 Å². The lowest BCUT2D eigenvalue weighted by molar-refractivity contribution is -0.119. The minimum Gasteiger partial charge on any atom is -0.492 e. The molecule has 2 rings (SSSR count). The van der Waals surface area contributed by atoms with E-state index in [4.69, 9.17) is 4.74 Å². The summed E-state index contributed by atoms with van der Waals surface area (Å²) in [5, 5.41) is 6.00. The Hall–Kier alpha value is -2.49. The molecule has 2 N–H and O–H groups in total. The zero-order valence-electron chi connectivity index (χ0n) is 13.1. The Bertz CT molecular complexity index is 609. The van der Waals surface area contributed by atoms with Crippen LogP contribution in [0.1, 0.15) is 18.1 Å². The fourth-order valence-electron chi connectivity index (χ4n) is 2.04. The van der Waals surface area contributed by atoms with Crippen LogP contribution in [0.5, 0.6) is 5.75 Å². The predicted molar refractivity (Wildman–Crippen MR) is 89.1 cm³/mol. The molecule has 0 bridgehead atoms. The molecule has 0 heterocycles. The van der Waals surface area contributed by atoms with E-state index < -0.39 is 0 Å². The fraction of sp³-hybridized carbons (Fsp3) is 0.278. The van der Waals surface area contributed by atoms with Crippen LogP contribution in [0.2, 0.25) is 0 Å². The molecule has 0 radical (unpaired) electrons. The quantitative estimate of drug-likeness (QED) is 0.825. The number of nitrogens with one attached hydrogen (secondary N) is 2. The molecule has 4 nitrogen and oxygen atoms in total. The van der Waals surface area contributed by atoms with Crippen molar-refractivity contribution in [3.8, 4) is 5.75 Å². The predicted octanol–water partition coefficient (Wildman–Crippen LogP) is 3.12. The van der Waals surface area contributed by atoms with E-state index in [1.165, 1.54) is 5.56 Å². The van der Waals surface area contributed by atoms with Gasteiger partial charge in [-0.2, -0.15) is 0 Å². The summed E-state index contributed by atoms with van der Waals surface area (Å²) in [4.78, 5) is 11.9. The van der Waals surface area contributed by atoms with E-state index in [0.29, 0.717) is 13.2 Å². The van der Waals surface area contributed by atoms with E-state index in [1.807, 2.05) is 62.4 Å². The van der Waals surface area contributed by atoms with Gasteiger partial charge >= 0.3 is 0 Å². The van der Waals surface area contributed by atoms with Gasteiger partial charge in [0, 0.05) is 6.54 Å². The SMILES string of the molecule is CCOc1ccccc1NCC(=O)NCc1ccc(C)cc1. The number of anilines is 1. The third-order valence-electron chi connectivity index (χ3n) is 3.24. The molecule has 0 aliphatic carbocycles. The molecule has 0 atom stereocenters. The smallest absolute Gasteiger partial charge is 0.239 e. The number of ether oxygens (including phenoxy) is 1. The Labute approximate surface area is 131 Å². The Balaban J connectivity index is 1.81. The van der Waals surface area contributed by atoms with E-state index in [9.17, 15) is 4.79 Å². The van der Waals surface area contributed by atoms with Gasteiger partial charge in [0.1, 0.15) is 5.75 Å². The maximum absolute atomic E-state index is 11.9. The highest BCUT2D eigenvalue weighted by Crippen LogP contribution is 2.23. The van der Waals surface area contributed by atoms with Gasteiger partial charge in [-0.1, -0.05) is 42.0 Å². The molecule has 4 heteroatoms. The van der Waals surface area contributed by atoms with Gasteiger partial charge in [0.15, 0.2) is 0 Å². The highest BCUT2D eigenvalue weighted by Gasteiger charge is 2.05. The average molecular weight is 298 g/mol. The number of carbonyl (C=O) groups is 1. The second kappa shape index (κ2) is 8.08. The van der Waals surface area contributed by atoms with Crippen LogP contribution < -0.4 is 15.4 Å². The number of amides is 1. The Morgan fingerprint density at radius 2 is 1.82 bits per heavy atom. The molecule has 0 aliphatic heterocycles. The highest BCUT2D eigenvalue weighted by molar-refractivity contribution is 5.81. The Kier molecular flexibility index (Phi) is 5.83. The molecule has 22 heavy (non-hydrogen) atoms. The first kappa shape index (κ1) is 15.9. The fourth-order valence-corrected chi connectivity index (χ4v) is 2.04. The van der Waals surface area contributed by atoms with E-state index in [1.54, 1.807) is 0 Å². The summed E-state index contributed by atoms with van der Waals surface area (Å²) in [5.74, 6) is 0.711. The molecular weight excluding hydrogens is 276 g/mol. The van der Waals surface area contributed by atoms with Crippen molar-refractivity contribution in [1.82, 2.24) is 5.32 Å². The van der Waals surface area contributed by atoms with Gasteiger partial charge in [-0.15, -0.1) is 0 Å². The second-order valence-electron chi connectivity index (χ2n) is 5.05. The number of hydrogen-bond donors (Lipinski definition) is 2. The molecule has 0 saturated carbocycles. The number of para-hydroxylation sites is 2. The first-order valence-electron chi connectivity index (χ1n) is 7.47. The average Bonchev–Trinajstić information content (AvgIpc) is 2.54. The molecule has 2 aromatic rings. The summed E-state index contributed by atoms with van der Waals surface area (Å²) in [5.41, 5.74) is 3.13. The van der Waals surface area contributed by atoms with Gasteiger partial charge in [0.25, 0.3) is 0 Å². The molecular formula is C18H22N2O2. The van der Waals surface area contributed by atoms with E-state index >= 15 is 0 Å². The summed E-state index contributed by atoms with van der Waals surface area (Å²) >= 11 is 0. The third-order valence-corrected chi connectivity index (χ3v) is 3.24. The highest BCUT2D eigenvalue weighted by atomic mass is 16.5. The number of rotatable bonds is 7. The number of hydrogen-bond acceptors (Lipinski definition) is 3. The van der Waals surface area contributed by atoms with Crippen molar-refractivity contribution in [2.45, 2.75) is 20.4 Å². The minimum atomic E-state index is -0.0492.